The zero-order valence-electron chi connectivity index (χ0n) is 18.7. The van der Waals surface area contributed by atoms with Gasteiger partial charge in [-0.15, -0.1) is 0 Å². The molecule has 152 valence electrons. The first-order valence-electron chi connectivity index (χ1n) is 10.9. The topological polar surface area (TPSA) is 3.88 Å². The van der Waals surface area contributed by atoms with Gasteiger partial charge >= 0.3 is 0 Å². The van der Waals surface area contributed by atoms with E-state index in [2.05, 4.69) is 106 Å². The van der Waals surface area contributed by atoms with Gasteiger partial charge in [-0.3, -0.25) is 0 Å². The molecule has 0 saturated heterocycles. The minimum Gasteiger partial charge on any atom is -0.200 e. The molecule has 0 atom stereocenters. The fourth-order valence-corrected chi connectivity index (χ4v) is 6.36. The van der Waals surface area contributed by atoms with Crippen LogP contribution in [-0.4, -0.2) is 0 Å². The Morgan fingerprint density at radius 1 is 0.774 bits per heavy atom. The predicted molar refractivity (Wildman–Crippen MR) is 133 cm³/mol. The van der Waals surface area contributed by atoms with Crippen molar-refractivity contribution in [2.45, 2.75) is 42.9 Å². The summed E-state index contributed by atoms with van der Waals surface area (Å²) in [6.07, 6.45) is 2.24. The van der Waals surface area contributed by atoms with Crippen LogP contribution in [-0.2, 0) is 12.5 Å². The highest BCUT2D eigenvalue weighted by Crippen LogP contribution is 2.51. The van der Waals surface area contributed by atoms with Crippen molar-refractivity contribution in [1.82, 2.24) is 0 Å². The molecule has 1 aromatic heterocycles. The average molecular weight is 421 g/mol. The van der Waals surface area contributed by atoms with Crippen LogP contribution in [0.3, 0.4) is 0 Å². The monoisotopic (exact) mass is 420 g/mol. The number of aryl methyl sites for hydroxylation is 2. The molecule has 0 fully saturated rings. The maximum atomic E-state index is 2.41. The molecule has 0 N–H and O–H groups in total. The molecule has 31 heavy (non-hydrogen) atoms. The van der Waals surface area contributed by atoms with Gasteiger partial charge < -0.3 is 0 Å². The molecule has 2 heteroatoms. The molecule has 1 aliphatic rings. The Labute approximate surface area is 187 Å². The van der Waals surface area contributed by atoms with Crippen LogP contribution < -0.4 is 4.57 Å². The molecular weight excluding hydrogens is 394 g/mol. The van der Waals surface area contributed by atoms with Crippen molar-refractivity contribution in [2.24, 2.45) is 7.05 Å². The predicted octanol–water partition coefficient (Wildman–Crippen LogP) is 7.71. The third-order valence-corrected chi connectivity index (χ3v) is 7.88. The van der Waals surface area contributed by atoms with Gasteiger partial charge in [-0.2, -0.15) is 0 Å². The van der Waals surface area contributed by atoms with Gasteiger partial charge in [0.15, 0.2) is 6.20 Å². The van der Waals surface area contributed by atoms with Crippen molar-refractivity contribution in [3.05, 3.63) is 78.0 Å². The van der Waals surface area contributed by atoms with Gasteiger partial charge in [-0.25, -0.2) is 4.57 Å². The van der Waals surface area contributed by atoms with E-state index in [1.165, 1.54) is 64.5 Å². The van der Waals surface area contributed by atoms with Crippen LogP contribution in [0.25, 0.3) is 43.6 Å². The van der Waals surface area contributed by atoms with Gasteiger partial charge in [0.05, 0.1) is 10.9 Å². The van der Waals surface area contributed by atoms with Crippen LogP contribution in [0, 0.1) is 6.92 Å². The molecule has 2 heterocycles. The quantitative estimate of drug-likeness (QED) is 0.180. The summed E-state index contributed by atoms with van der Waals surface area (Å²) in [5.41, 5.74) is 5.62. The van der Waals surface area contributed by atoms with Crippen LogP contribution >= 0.6 is 11.8 Å². The normalized spacial score (nSPS) is 13.2. The van der Waals surface area contributed by atoms with Crippen LogP contribution in [0.4, 0.5) is 0 Å². The third-order valence-electron chi connectivity index (χ3n) is 6.80. The minimum absolute atomic E-state index is 0.134. The molecule has 0 radical (unpaired) electrons. The van der Waals surface area contributed by atoms with E-state index in [0.717, 1.165) is 0 Å². The summed E-state index contributed by atoms with van der Waals surface area (Å²) >= 11 is 1.92. The number of hydrogen-bond donors (Lipinski definition) is 0. The molecule has 1 nitrogen and oxygen atoms in total. The second-order valence-electron chi connectivity index (χ2n) is 9.82. The minimum atomic E-state index is 0.134. The highest BCUT2D eigenvalue weighted by atomic mass is 32.2. The van der Waals surface area contributed by atoms with E-state index in [-0.39, 0.29) is 5.41 Å². The third kappa shape index (κ3) is 2.68. The molecule has 0 bridgehead atoms. The van der Waals surface area contributed by atoms with Crippen molar-refractivity contribution in [3.8, 4) is 11.3 Å². The van der Waals surface area contributed by atoms with E-state index in [1.54, 1.807) is 0 Å². The largest absolute Gasteiger partial charge is 0.222 e. The van der Waals surface area contributed by atoms with E-state index in [9.17, 15) is 0 Å². The van der Waals surface area contributed by atoms with Crippen LogP contribution in [0.2, 0.25) is 0 Å². The SMILES string of the molecule is Cc1c2c(cc3ccccc13)Sc1cc3ccc(C(C)(C)C)cc3c3cc[n+](C)c-2c13. The second kappa shape index (κ2) is 6.34. The summed E-state index contributed by atoms with van der Waals surface area (Å²) in [6.45, 7) is 9.16. The highest BCUT2D eigenvalue weighted by molar-refractivity contribution is 7.99. The van der Waals surface area contributed by atoms with Crippen LogP contribution in [0.5, 0.6) is 0 Å². The van der Waals surface area contributed by atoms with Gasteiger partial charge in [-0.1, -0.05) is 68.9 Å². The van der Waals surface area contributed by atoms with Gasteiger partial charge in [0.25, 0.3) is 0 Å². The van der Waals surface area contributed by atoms with Crippen molar-refractivity contribution in [2.75, 3.05) is 0 Å². The lowest BCUT2D eigenvalue weighted by atomic mass is 9.85. The van der Waals surface area contributed by atoms with Gasteiger partial charge in [0.1, 0.15) is 7.05 Å². The molecular formula is C29H26NS+. The lowest BCUT2D eigenvalue weighted by Gasteiger charge is -2.23. The molecule has 0 spiro atoms. The van der Waals surface area contributed by atoms with E-state index >= 15 is 0 Å². The van der Waals surface area contributed by atoms with E-state index in [4.69, 9.17) is 0 Å². The molecule has 6 rings (SSSR count). The first kappa shape index (κ1) is 18.9. The second-order valence-corrected chi connectivity index (χ2v) is 10.9. The number of benzene rings is 4. The van der Waals surface area contributed by atoms with Crippen molar-refractivity contribution >= 4 is 44.1 Å². The molecule has 0 unspecified atom stereocenters. The zero-order valence-corrected chi connectivity index (χ0v) is 19.5. The summed E-state index contributed by atoms with van der Waals surface area (Å²) in [4.78, 5) is 2.72. The average Bonchev–Trinajstić information content (AvgIpc) is 2.74. The van der Waals surface area contributed by atoms with Gasteiger partial charge in [-0.05, 0) is 63.2 Å². The highest BCUT2D eigenvalue weighted by Gasteiger charge is 2.30. The molecule has 0 aliphatic carbocycles. The number of hydrogen-bond acceptors (Lipinski definition) is 1. The van der Waals surface area contributed by atoms with E-state index < -0.39 is 0 Å². The van der Waals surface area contributed by atoms with Crippen LogP contribution in [0.1, 0.15) is 31.9 Å². The summed E-state index contributed by atoms with van der Waals surface area (Å²) < 4.78 is 2.31. The maximum Gasteiger partial charge on any atom is 0.222 e. The Hall–Kier alpha value is -2.84. The number of nitrogens with zero attached hydrogens (tertiary/aromatic N) is 1. The Bertz CT molecular complexity index is 1550. The standard InChI is InChI=1S/C29H26NS/c1-17-21-9-7-6-8-18(21)14-24-26(17)28-27-22(12-13-30(28)5)23-16-20(29(2,3)4)11-10-19(23)15-25(27)31-24/h6-16H,1-5H3/q+1. The zero-order chi connectivity index (χ0) is 21.5. The Kier molecular flexibility index (Phi) is 3.86. The van der Waals surface area contributed by atoms with Gasteiger partial charge in [0.2, 0.25) is 5.69 Å². The Morgan fingerprint density at radius 3 is 2.32 bits per heavy atom. The Balaban J connectivity index is 1.78. The maximum absolute atomic E-state index is 2.41. The molecule has 5 aromatic rings. The lowest BCUT2D eigenvalue weighted by molar-refractivity contribution is -0.659. The summed E-state index contributed by atoms with van der Waals surface area (Å²) in [5, 5.41) is 8.09. The summed E-state index contributed by atoms with van der Waals surface area (Å²) in [5.74, 6) is 0. The van der Waals surface area contributed by atoms with E-state index in [0.29, 0.717) is 0 Å². The number of rotatable bonds is 0. The first-order valence-corrected chi connectivity index (χ1v) is 11.7. The van der Waals surface area contributed by atoms with Crippen molar-refractivity contribution < 1.29 is 4.57 Å². The molecule has 0 amide bonds. The van der Waals surface area contributed by atoms with Crippen molar-refractivity contribution in [1.29, 1.82) is 0 Å². The summed E-state index contributed by atoms with van der Waals surface area (Å²) in [6, 6.07) is 22.8. The summed E-state index contributed by atoms with van der Waals surface area (Å²) in [7, 11) is 2.18. The fraction of sp³-hybridized carbons (Fsp3) is 0.207. The number of aromatic nitrogens is 1. The van der Waals surface area contributed by atoms with Crippen molar-refractivity contribution in [3.63, 3.8) is 0 Å². The van der Waals surface area contributed by atoms with E-state index in [1.807, 2.05) is 11.8 Å². The first-order chi connectivity index (χ1) is 14.8. The molecule has 4 aromatic carbocycles. The van der Waals surface area contributed by atoms with Gasteiger partial charge in [0, 0.05) is 21.2 Å². The number of pyridine rings is 1. The fourth-order valence-electron chi connectivity index (χ4n) is 5.09. The Morgan fingerprint density at radius 2 is 1.52 bits per heavy atom. The molecule has 0 saturated carbocycles. The number of fused-ring (bicyclic) bond motifs is 5. The lowest BCUT2D eigenvalue weighted by Crippen LogP contribution is -2.31. The molecule has 1 aliphatic heterocycles. The van der Waals surface area contributed by atoms with Crippen LogP contribution in [0.15, 0.2) is 76.7 Å². The smallest absolute Gasteiger partial charge is 0.200 e.